The Morgan fingerprint density at radius 3 is 3.16 bits per heavy atom. The van der Waals surface area contributed by atoms with Gasteiger partial charge in [0.15, 0.2) is 5.78 Å². The maximum Gasteiger partial charge on any atom is 0.155 e. The maximum atomic E-state index is 11.7. The average Bonchev–Trinajstić information content (AvgIpc) is 3.30. The van der Waals surface area contributed by atoms with Gasteiger partial charge in [0.2, 0.25) is 0 Å². The number of H-pyrrole nitrogens is 1. The summed E-state index contributed by atoms with van der Waals surface area (Å²) in [5.74, 6) is 0.451. The van der Waals surface area contributed by atoms with E-state index in [-0.39, 0.29) is 5.78 Å². The van der Waals surface area contributed by atoms with Gasteiger partial charge in [-0.05, 0) is 42.9 Å². The highest BCUT2D eigenvalue weighted by Gasteiger charge is 2.22. The molecular formula is C20H19N3O2. The third kappa shape index (κ3) is 2.93. The fraction of sp³-hybridized carbons (Fsp3) is 0.250. The molecule has 0 saturated carbocycles. The zero-order valence-corrected chi connectivity index (χ0v) is 13.9. The summed E-state index contributed by atoms with van der Waals surface area (Å²) < 4.78 is 5.23. The first-order chi connectivity index (χ1) is 12.3. The summed E-state index contributed by atoms with van der Waals surface area (Å²) in [4.78, 5) is 23.9. The van der Waals surface area contributed by atoms with Crippen LogP contribution in [-0.2, 0) is 4.79 Å². The van der Waals surface area contributed by atoms with Crippen molar-refractivity contribution in [2.75, 3.05) is 0 Å². The van der Waals surface area contributed by atoms with E-state index in [1.807, 2.05) is 12.3 Å². The first-order valence-electron chi connectivity index (χ1n) is 8.45. The predicted molar refractivity (Wildman–Crippen MR) is 96.7 cm³/mol. The molecule has 1 aliphatic carbocycles. The highest BCUT2D eigenvalue weighted by atomic mass is 16.3. The van der Waals surface area contributed by atoms with Crippen LogP contribution in [0.5, 0.6) is 0 Å². The molecule has 0 spiro atoms. The van der Waals surface area contributed by atoms with Crippen LogP contribution in [0, 0.1) is 5.92 Å². The standard InChI is InChI=1S/C20H19N3O2/c1-2-16(24)9-13-4-3-5-14(8-13)19-18-17(15-6-7-25-11-15)10-21-20(18)23-12-22-19/h2,5-7,10-13H,1,3-4,8-9H2,(H,21,22,23). The second-order valence-corrected chi connectivity index (χ2v) is 6.41. The van der Waals surface area contributed by atoms with E-state index in [4.69, 9.17) is 4.42 Å². The van der Waals surface area contributed by atoms with E-state index in [0.717, 1.165) is 47.1 Å². The van der Waals surface area contributed by atoms with E-state index in [9.17, 15) is 4.79 Å². The molecule has 1 atom stereocenters. The zero-order valence-electron chi connectivity index (χ0n) is 13.9. The molecule has 0 aliphatic heterocycles. The quantitative estimate of drug-likeness (QED) is 0.695. The Balaban J connectivity index is 1.74. The van der Waals surface area contributed by atoms with Gasteiger partial charge in [-0.1, -0.05) is 12.7 Å². The number of rotatable bonds is 5. The van der Waals surface area contributed by atoms with Crippen LogP contribution in [0.4, 0.5) is 0 Å². The largest absolute Gasteiger partial charge is 0.472 e. The van der Waals surface area contributed by atoms with E-state index in [1.165, 1.54) is 11.6 Å². The zero-order chi connectivity index (χ0) is 17.2. The molecule has 0 fully saturated rings. The summed E-state index contributed by atoms with van der Waals surface area (Å²) in [7, 11) is 0. The van der Waals surface area contributed by atoms with Gasteiger partial charge in [0.1, 0.15) is 12.0 Å². The van der Waals surface area contributed by atoms with E-state index >= 15 is 0 Å². The molecule has 3 heterocycles. The lowest BCUT2D eigenvalue weighted by Gasteiger charge is -2.22. The number of fused-ring (bicyclic) bond motifs is 1. The van der Waals surface area contributed by atoms with Crippen LogP contribution in [0.15, 0.2) is 54.3 Å². The molecule has 4 rings (SSSR count). The lowest BCUT2D eigenvalue weighted by molar-refractivity contribution is -0.115. The van der Waals surface area contributed by atoms with Gasteiger partial charge in [0.25, 0.3) is 0 Å². The number of aromatic nitrogens is 3. The molecular weight excluding hydrogens is 314 g/mol. The van der Waals surface area contributed by atoms with Gasteiger partial charge in [-0.25, -0.2) is 9.97 Å². The Kier molecular flexibility index (Phi) is 4.06. The Labute approximate surface area is 145 Å². The first-order valence-corrected chi connectivity index (χ1v) is 8.45. The summed E-state index contributed by atoms with van der Waals surface area (Å²) in [6, 6.07) is 1.93. The van der Waals surface area contributed by atoms with Crippen molar-refractivity contribution >= 4 is 22.4 Å². The first kappa shape index (κ1) is 15.6. The minimum absolute atomic E-state index is 0.111. The van der Waals surface area contributed by atoms with Crippen molar-refractivity contribution in [3.8, 4) is 11.1 Å². The van der Waals surface area contributed by atoms with Gasteiger partial charge in [-0.2, -0.15) is 0 Å². The van der Waals surface area contributed by atoms with Crippen LogP contribution >= 0.6 is 0 Å². The summed E-state index contributed by atoms with van der Waals surface area (Å²) in [5, 5.41) is 1.01. The summed E-state index contributed by atoms with van der Waals surface area (Å²) >= 11 is 0. The number of furan rings is 1. The molecule has 0 aromatic carbocycles. The normalized spacial score (nSPS) is 17.4. The van der Waals surface area contributed by atoms with Crippen molar-refractivity contribution in [2.45, 2.75) is 25.7 Å². The van der Waals surface area contributed by atoms with Crippen molar-refractivity contribution in [1.82, 2.24) is 15.0 Å². The van der Waals surface area contributed by atoms with Crippen molar-refractivity contribution in [3.63, 3.8) is 0 Å². The van der Waals surface area contributed by atoms with Gasteiger partial charge in [-0.3, -0.25) is 4.79 Å². The fourth-order valence-corrected chi connectivity index (χ4v) is 3.58. The lowest BCUT2D eigenvalue weighted by Crippen LogP contribution is -2.11. The molecule has 1 unspecified atom stereocenters. The van der Waals surface area contributed by atoms with Crippen molar-refractivity contribution in [3.05, 3.63) is 55.5 Å². The molecule has 0 radical (unpaired) electrons. The van der Waals surface area contributed by atoms with Crippen LogP contribution in [0.25, 0.3) is 27.7 Å². The van der Waals surface area contributed by atoms with Crippen LogP contribution in [-0.4, -0.2) is 20.7 Å². The summed E-state index contributed by atoms with van der Waals surface area (Å²) in [5.41, 5.74) is 4.97. The number of nitrogens with zero attached hydrogens (tertiary/aromatic N) is 2. The molecule has 1 aliphatic rings. The highest BCUT2D eigenvalue weighted by molar-refractivity contribution is 6.00. The van der Waals surface area contributed by atoms with Gasteiger partial charge in [-0.15, -0.1) is 0 Å². The number of ketones is 1. The van der Waals surface area contributed by atoms with Gasteiger partial charge in [0.05, 0.1) is 23.6 Å². The number of hydrogen-bond donors (Lipinski definition) is 1. The van der Waals surface area contributed by atoms with Gasteiger partial charge < -0.3 is 9.40 Å². The van der Waals surface area contributed by atoms with Crippen LogP contribution in [0.2, 0.25) is 0 Å². The molecule has 126 valence electrons. The number of hydrogen-bond acceptors (Lipinski definition) is 4. The number of carbonyl (C=O) groups is 1. The third-order valence-electron chi connectivity index (χ3n) is 4.80. The average molecular weight is 333 g/mol. The molecule has 0 saturated heterocycles. The second-order valence-electron chi connectivity index (χ2n) is 6.41. The fourth-order valence-electron chi connectivity index (χ4n) is 3.58. The number of carbonyl (C=O) groups excluding carboxylic acids is 1. The van der Waals surface area contributed by atoms with Crippen molar-refractivity contribution < 1.29 is 9.21 Å². The summed E-state index contributed by atoms with van der Waals surface area (Å²) in [6.07, 6.45) is 14.0. The SMILES string of the molecule is C=CC(=O)CC1CCC=C(c2ncnc3[nH]cc(-c4ccoc4)c23)C1. The predicted octanol–water partition coefficient (Wildman–Crippen LogP) is 4.55. The Bertz CT molecular complexity index is 951. The van der Waals surface area contributed by atoms with Crippen LogP contribution in [0.1, 0.15) is 31.4 Å². The van der Waals surface area contributed by atoms with E-state index in [0.29, 0.717) is 12.3 Å². The van der Waals surface area contributed by atoms with Crippen LogP contribution in [0.3, 0.4) is 0 Å². The van der Waals surface area contributed by atoms with E-state index < -0.39 is 0 Å². The smallest absolute Gasteiger partial charge is 0.155 e. The number of nitrogens with one attached hydrogen (secondary N) is 1. The highest BCUT2D eigenvalue weighted by Crippen LogP contribution is 2.38. The molecule has 3 aromatic rings. The molecule has 0 bridgehead atoms. The molecule has 1 N–H and O–H groups in total. The lowest BCUT2D eigenvalue weighted by atomic mass is 9.83. The van der Waals surface area contributed by atoms with E-state index in [1.54, 1.807) is 18.9 Å². The molecule has 5 heteroatoms. The van der Waals surface area contributed by atoms with Gasteiger partial charge in [0, 0.05) is 23.7 Å². The number of allylic oxidation sites excluding steroid dienone is 3. The van der Waals surface area contributed by atoms with E-state index in [2.05, 4.69) is 27.6 Å². The monoisotopic (exact) mass is 333 g/mol. The van der Waals surface area contributed by atoms with Crippen molar-refractivity contribution in [2.24, 2.45) is 5.92 Å². The number of aromatic amines is 1. The second kappa shape index (κ2) is 6.51. The topological polar surface area (TPSA) is 71.8 Å². The third-order valence-corrected chi connectivity index (χ3v) is 4.80. The van der Waals surface area contributed by atoms with Gasteiger partial charge >= 0.3 is 0 Å². The molecule has 25 heavy (non-hydrogen) atoms. The van der Waals surface area contributed by atoms with Crippen molar-refractivity contribution in [1.29, 1.82) is 0 Å². The molecule has 3 aromatic heterocycles. The summed E-state index contributed by atoms with van der Waals surface area (Å²) in [6.45, 7) is 3.58. The Morgan fingerprint density at radius 1 is 1.44 bits per heavy atom. The maximum absolute atomic E-state index is 11.7. The minimum Gasteiger partial charge on any atom is -0.472 e. The molecule has 5 nitrogen and oxygen atoms in total. The Morgan fingerprint density at radius 2 is 2.36 bits per heavy atom. The van der Waals surface area contributed by atoms with Crippen LogP contribution < -0.4 is 0 Å². The minimum atomic E-state index is 0.111. The molecule has 0 amide bonds. The Hall–Kier alpha value is -2.95.